The fourth-order valence-corrected chi connectivity index (χ4v) is 0.671. The van der Waals surface area contributed by atoms with Crippen LogP contribution in [0.2, 0.25) is 0 Å². The van der Waals surface area contributed by atoms with Gasteiger partial charge in [-0.2, -0.15) is 0 Å². The molecule has 52 valence electrons. The van der Waals surface area contributed by atoms with Crippen LogP contribution in [-0.2, 0) is 0 Å². The number of halogens is 1. The molecule has 1 nitrogen and oxygen atoms in total. The van der Waals surface area contributed by atoms with Crippen LogP contribution in [-0.4, -0.2) is 24.5 Å². The van der Waals surface area contributed by atoms with Crippen molar-refractivity contribution in [3.05, 3.63) is 0 Å². The van der Waals surface area contributed by atoms with Crippen LogP contribution in [0.25, 0.3) is 0 Å². The smallest absolute Gasteiger partial charge is 1.00 e. The normalized spacial score (nSPS) is 8.00. The first-order chi connectivity index (χ1) is 3.35. The predicted octanol–water partition coefficient (Wildman–Crippen LogP) is -4.64. The summed E-state index contributed by atoms with van der Waals surface area (Å²) in [6.45, 7) is 10.1. The minimum absolute atomic E-state index is 0. The third-order valence-electron chi connectivity index (χ3n) is 1.34. The Morgan fingerprint density at radius 2 is 1.11 bits per heavy atom. The number of hydrogen-bond donors (Lipinski definition) is 0. The van der Waals surface area contributed by atoms with E-state index in [2.05, 4.69) is 25.7 Å². The fourth-order valence-electron chi connectivity index (χ4n) is 0.671. The standard InChI is InChI=1S/C6H15N.FH.K/c1-4-7(5-2)6-3;;/h4-6H2,1-3H3;1H;/q;;+1/p-1. The van der Waals surface area contributed by atoms with Crippen molar-refractivity contribution >= 4 is 0 Å². The molecule has 0 amide bonds. The van der Waals surface area contributed by atoms with Crippen LogP contribution in [0.5, 0.6) is 0 Å². The number of rotatable bonds is 3. The van der Waals surface area contributed by atoms with E-state index >= 15 is 0 Å². The van der Waals surface area contributed by atoms with Gasteiger partial charge in [-0.1, -0.05) is 20.8 Å². The Balaban J connectivity index is -0.000000180. The largest absolute Gasteiger partial charge is 1.00 e. The van der Waals surface area contributed by atoms with Gasteiger partial charge in [0.05, 0.1) is 0 Å². The molecule has 0 bridgehead atoms. The summed E-state index contributed by atoms with van der Waals surface area (Å²) in [6.07, 6.45) is 0. The van der Waals surface area contributed by atoms with E-state index in [0.717, 1.165) is 0 Å². The molecule has 0 radical (unpaired) electrons. The Labute approximate surface area is 100.0 Å². The SMILES string of the molecule is CCN(CC)CC.[F-].[K+]. The second-order valence-corrected chi connectivity index (χ2v) is 1.62. The first kappa shape index (κ1) is 16.9. The van der Waals surface area contributed by atoms with Crippen LogP contribution in [0.15, 0.2) is 0 Å². The van der Waals surface area contributed by atoms with Gasteiger partial charge in [0, 0.05) is 0 Å². The third kappa shape index (κ3) is 9.53. The van der Waals surface area contributed by atoms with Gasteiger partial charge in [-0.25, -0.2) is 0 Å². The Hall–Kier alpha value is 1.53. The van der Waals surface area contributed by atoms with Crippen molar-refractivity contribution in [1.29, 1.82) is 0 Å². The van der Waals surface area contributed by atoms with Crippen molar-refractivity contribution in [3.8, 4) is 0 Å². The first-order valence-electron chi connectivity index (χ1n) is 3.07. The molecule has 0 saturated carbocycles. The summed E-state index contributed by atoms with van der Waals surface area (Å²) in [4.78, 5) is 2.38. The van der Waals surface area contributed by atoms with Crippen LogP contribution in [0.1, 0.15) is 20.8 Å². The van der Waals surface area contributed by atoms with E-state index < -0.39 is 0 Å². The second-order valence-electron chi connectivity index (χ2n) is 1.62. The van der Waals surface area contributed by atoms with Crippen LogP contribution < -0.4 is 56.1 Å². The molecular formula is C6H15FKN. The van der Waals surface area contributed by atoms with Crippen LogP contribution >= 0.6 is 0 Å². The molecule has 0 fully saturated rings. The summed E-state index contributed by atoms with van der Waals surface area (Å²) in [5, 5.41) is 0. The minimum atomic E-state index is 0. The molecule has 9 heavy (non-hydrogen) atoms. The molecule has 0 aromatic rings. The molecule has 0 heterocycles. The number of nitrogens with zero attached hydrogens (tertiary/aromatic N) is 1. The molecular weight excluding hydrogens is 144 g/mol. The quantitative estimate of drug-likeness (QED) is 0.374. The van der Waals surface area contributed by atoms with E-state index in [0.29, 0.717) is 0 Å². The van der Waals surface area contributed by atoms with Gasteiger partial charge in [-0.3, -0.25) is 0 Å². The molecule has 0 spiro atoms. The zero-order valence-electron chi connectivity index (χ0n) is 6.95. The van der Waals surface area contributed by atoms with E-state index in [1.165, 1.54) is 19.6 Å². The fraction of sp³-hybridized carbons (Fsp3) is 1.00. The van der Waals surface area contributed by atoms with Gasteiger partial charge in [-0.15, -0.1) is 0 Å². The van der Waals surface area contributed by atoms with E-state index in [4.69, 9.17) is 0 Å². The molecule has 0 unspecified atom stereocenters. The van der Waals surface area contributed by atoms with Gasteiger partial charge >= 0.3 is 51.4 Å². The number of hydrogen-bond acceptors (Lipinski definition) is 1. The Morgan fingerprint density at radius 1 is 0.889 bits per heavy atom. The molecule has 0 saturated heterocycles. The van der Waals surface area contributed by atoms with Crippen molar-refractivity contribution in [3.63, 3.8) is 0 Å². The first-order valence-corrected chi connectivity index (χ1v) is 3.07. The summed E-state index contributed by atoms with van der Waals surface area (Å²) in [5.41, 5.74) is 0. The van der Waals surface area contributed by atoms with Crippen molar-refractivity contribution in [1.82, 2.24) is 4.90 Å². The van der Waals surface area contributed by atoms with Crippen LogP contribution in [0, 0.1) is 0 Å². The Kier molecular flexibility index (Phi) is 22.9. The Bertz CT molecular complexity index is 34.5. The maximum Gasteiger partial charge on any atom is 1.00 e. The zero-order valence-corrected chi connectivity index (χ0v) is 10.1. The van der Waals surface area contributed by atoms with Gasteiger partial charge in [0.25, 0.3) is 0 Å². The van der Waals surface area contributed by atoms with E-state index in [9.17, 15) is 0 Å². The molecule has 0 N–H and O–H groups in total. The van der Waals surface area contributed by atoms with Gasteiger partial charge in [0.15, 0.2) is 0 Å². The van der Waals surface area contributed by atoms with Gasteiger partial charge in [0.1, 0.15) is 0 Å². The average molecular weight is 159 g/mol. The summed E-state index contributed by atoms with van der Waals surface area (Å²) in [7, 11) is 0. The van der Waals surface area contributed by atoms with Crippen molar-refractivity contribution in [2.24, 2.45) is 0 Å². The third-order valence-corrected chi connectivity index (χ3v) is 1.34. The molecule has 0 aromatic carbocycles. The summed E-state index contributed by atoms with van der Waals surface area (Å²) >= 11 is 0. The molecule has 3 heteroatoms. The molecule has 0 aliphatic heterocycles. The summed E-state index contributed by atoms with van der Waals surface area (Å²) < 4.78 is 0. The molecule has 0 aliphatic rings. The van der Waals surface area contributed by atoms with Gasteiger partial charge in [-0.05, 0) is 19.6 Å². The monoisotopic (exact) mass is 159 g/mol. The van der Waals surface area contributed by atoms with Crippen LogP contribution in [0.3, 0.4) is 0 Å². The van der Waals surface area contributed by atoms with Gasteiger partial charge < -0.3 is 9.60 Å². The summed E-state index contributed by atoms with van der Waals surface area (Å²) in [6, 6.07) is 0. The van der Waals surface area contributed by atoms with Crippen molar-refractivity contribution in [2.75, 3.05) is 19.6 Å². The maximum absolute atomic E-state index is 2.38. The van der Waals surface area contributed by atoms with Crippen molar-refractivity contribution < 1.29 is 56.1 Å². The average Bonchev–Trinajstić information content (AvgIpc) is 1.72. The maximum atomic E-state index is 2.38. The molecule has 0 atom stereocenters. The van der Waals surface area contributed by atoms with Gasteiger partial charge in [0.2, 0.25) is 0 Å². The van der Waals surface area contributed by atoms with E-state index in [1.54, 1.807) is 0 Å². The summed E-state index contributed by atoms with van der Waals surface area (Å²) in [5.74, 6) is 0. The Morgan fingerprint density at radius 3 is 1.11 bits per heavy atom. The van der Waals surface area contributed by atoms with E-state index in [-0.39, 0.29) is 56.1 Å². The molecule has 0 aliphatic carbocycles. The molecule has 0 aromatic heterocycles. The predicted molar refractivity (Wildman–Crippen MR) is 33.5 cm³/mol. The topological polar surface area (TPSA) is 3.24 Å². The van der Waals surface area contributed by atoms with Crippen molar-refractivity contribution in [2.45, 2.75) is 20.8 Å². The molecule has 0 rings (SSSR count). The van der Waals surface area contributed by atoms with E-state index in [1.807, 2.05) is 0 Å². The minimum Gasteiger partial charge on any atom is -1.00 e. The van der Waals surface area contributed by atoms with Crippen LogP contribution in [0.4, 0.5) is 0 Å². The zero-order chi connectivity index (χ0) is 5.70. The second kappa shape index (κ2) is 12.2.